The first kappa shape index (κ1) is 15.5. The van der Waals surface area contributed by atoms with Crippen LogP contribution in [-0.2, 0) is 4.79 Å². The normalized spacial score (nSPS) is 16.6. The number of ether oxygens (including phenoxy) is 1. The van der Waals surface area contributed by atoms with Gasteiger partial charge in [0.15, 0.2) is 0 Å². The molecule has 0 spiro atoms. The van der Waals surface area contributed by atoms with E-state index in [1.54, 1.807) is 0 Å². The van der Waals surface area contributed by atoms with Crippen LogP contribution in [0, 0.1) is 5.92 Å². The summed E-state index contributed by atoms with van der Waals surface area (Å²) < 4.78 is 5.41. The molecule has 0 heterocycles. The van der Waals surface area contributed by atoms with Crippen LogP contribution in [0.3, 0.4) is 0 Å². The summed E-state index contributed by atoms with van der Waals surface area (Å²) in [6.07, 6.45) is 5.53. The van der Waals surface area contributed by atoms with E-state index in [1.165, 1.54) is 6.42 Å². The molecule has 1 aromatic carbocycles. The van der Waals surface area contributed by atoms with E-state index >= 15 is 0 Å². The van der Waals surface area contributed by atoms with Crippen molar-refractivity contribution in [3.8, 4) is 5.75 Å². The van der Waals surface area contributed by atoms with Crippen molar-refractivity contribution in [3.63, 3.8) is 0 Å². The number of rotatable bonds is 5. The molecule has 1 aliphatic rings. The van der Waals surface area contributed by atoms with Gasteiger partial charge in [0.25, 0.3) is 0 Å². The van der Waals surface area contributed by atoms with Crippen LogP contribution in [0.2, 0.25) is 0 Å². The van der Waals surface area contributed by atoms with Crippen molar-refractivity contribution in [2.45, 2.75) is 46.0 Å². The standard InChI is InChI=1S/C17H24N2O2/c1-3-21-16-11-9-14(10-12-16)13(2)18-19-17(20)15-7-5-4-6-8-15/h9-12,15H,3-8H2,1-2H3,(H,19,20). The minimum atomic E-state index is 0.0555. The van der Waals surface area contributed by atoms with Crippen molar-refractivity contribution in [2.24, 2.45) is 11.0 Å². The number of carbonyl (C=O) groups excluding carboxylic acids is 1. The molecular weight excluding hydrogens is 264 g/mol. The van der Waals surface area contributed by atoms with Crippen molar-refractivity contribution in [2.75, 3.05) is 6.61 Å². The number of nitrogens with zero attached hydrogens (tertiary/aromatic N) is 1. The molecule has 114 valence electrons. The lowest BCUT2D eigenvalue weighted by Crippen LogP contribution is -2.29. The molecule has 2 rings (SSSR count). The Balaban J connectivity index is 1.91. The van der Waals surface area contributed by atoms with E-state index in [1.807, 2.05) is 38.1 Å². The van der Waals surface area contributed by atoms with Gasteiger partial charge in [-0.2, -0.15) is 5.10 Å². The van der Waals surface area contributed by atoms with Crippen LogP contribution in [0.15, 0.2) is 29.4 Å². The molecular formula is C17H24N2O2. The molecule has 1 amide bonds. The fraction of sp³-hybridized carbons (Fsp3) is 0.529. The molecule has 0 bridgehead atoms. The third-order valence-electron chi connectivity index (χ3n) is 3.89. The number of amides is 1. The monoisotopic (exact) mass is 288 g/mol. The van der Waals surface area contributed by atoms with Crippen molar-refractivity contribution < 1.29 is 9.53 Å². The van der Waals surface area contributed by atoms with Gasteiger partial charge in [-0.3, -0.25) is 4.79 Å². The topological polar surface area (TPSA) is 50.7 Å². The number of carbonyl (C=O) groups is 1. The Morgan fingerprint density at radius 3 is 2.52 bits per heavy atom. The van der Waals surface area contributed by atoms with Crippen molar-refractivity contribution in [3.05, 3.63) is 29.8 Å². The Bertz CT molecular complexity index is 488. The van der Waals surface area contributed by atoms with E-state index in [2.05, 4.69) is 10.5 Å². The lowest BCUT2D eigenvalue weighted by Gasteiger charge is -2.19. The number of benzene rings is 1. The molecule has 0 saturated heterocycles. The summed E-state index contributed by atoms with van der Waals surface area (Å²) in [5.41, 5.74) is 4.50. The number of hydrazone groups is 1. The molecule has 0 unspecified atom stereocenters. The molecule has 0 atom stereocenters. The van der Waals surface area contributed by atoms with E-state index in [9.17, 15) is 4.79 Å². The number of hydrogen-bond acceptors (Lipinski definition) is 3. The molecule has 4 nitrogen and oxygen atoms in total. The molecule has 1 aromatic rings. The predicted molar refractivity (Wildman–Crippen MR) is 84.5 cm³/mol. The Kier molecular flexibility index (Phi) is 5.78. The second-order valence-electron chi connectivity index (χ2n) is 5.47. The van der Waals surface area contributed by atoms with E-state index in [-0.39, 0.29) is 11.8 Å². The van der Waals surface area contributed by atoms with Gasteiger partial charge in [-0.05, 0) is 56.5 Å². The predicted octanol–water partition coefficient (Wildman–Crippen LogP) is 3.51. The zero-order valence-electron chi connectivity index (χ0n) is 12.9. The minimum absolute atomic E-state index is 0.0555. The van der Waals surface area contributed by atoms with Gasteiger partial charge in [0.1, 0.15) is 5.75 Å². The summed E-state index contributed by atoms with van der Waals surface area (Å²) >= 11 is 0. The van der Waals surface area contributed by atoms with E-state index in [4.69, 9.17) is 4.74 Å². The van der Waals surface area contributed by atoms with Crippen LogP contribution in [0.1, 0.15) is 51.5 Å². The summed E-state index contributed by atoms with van der Waals surface area (Å²) in [6, 6.07) is 7.74. The van der Waals surface area contributed by atoms with Gasteiger partial charge in [0.05, 0.1) is 12.3 Å². The summed E-state index contributed by atoms with van der Waals surface area (Å²) in [6.45, 7) is 4.52. The van der Waals surface area contributed by atoms with Crippen LogP contribution in [0.4, 0.5) is 0 Å². The second-order valence-corrected chi connectivity index (χ2v) is 5.47. The Hall–Kier alpha value is -1.84. The average Bonchev–Trinajstić information content (AvgIpc) is 2.54. The molecule has 21 heavy (non-hydrogen) atoms. The molecule has 0 aliphatic heterocycles. The maximum absolute atomic E-state index is 12.0. The van der Waals surface area contributed by atoms with Gasteiger partial charge in [0.2, 0.25) is 5.91 Å². The van der Waals surface area contributed by atoms with Crippen LogP contribution < -0.4 is 10.2 Å². The molecule has 4 heteroatoms. The highest BCUT2D eigenvalue weighted by atomic mass is 16.5. The zero-order valence-corrected chi connectivity index (χ0v) is 12.9. The van der Waals surface area contributed by atoms with Crippen LogP contribution >= 0.6 is 0 Å². The van der Waals surface area contributed by atoms with E-state index in [0.717, 1.165) is 42.7 Å². The second kappa shape index (κ2) is 7.81. The molecule has 1 aliphatic carbocycles. The zero-order chi connectivity index (χ0) is 15.1. The highest BCUT2D eigenvalue weighted by molar-refractivity contribution is 5.99. The number of nitrogens with one attached hydrogen (secondary N) is 1. The summed E-state index contributed by atoms with van der Waals surface area (Å²) in [5.74, 6) is 1.04. The summed E-state index contributed by atoms with van der Waals surface area (Å²) in [5, 5.41) is 4.22. The first-order valence-electron chi connectivity index (χ1n) is 7.78. The Morgan fingerprint density at radius 1 is 1.24 bits per heavy atom. The molecule has 1 N–H and O–H groups in total. The van der Waals surface area contributed by atoms with Crippen LogP contribution in [-0.4, -0.2) is 18.2 Å². The lowest BCUT2D eigenvalue weighted by atomic mass is 9.89. The minimum Gasteiger partial charge on any atom is -0.494 e. The fourth-order valence-corrected chi connectivity index (χ4v) is 2.62. The fourth-order valence-electron chi connectivity index (χ4n) is 2.62. The van der Waals surface area contributed by atoms with Crippen LogP contribution in [0.5, 0.6) is 5.75 Å². The van der Waals surface area contributed by atoms with Gasteiger partial charge in [0, 0.05) is 5.92 Å². The van der Waals surface area contributed by atoms with E-state index in [0.29, 0.717) is 6.61 Å². The summed E-state index contributed by atoms with van der Waals surface area (Å²) in [7, 11) is 0. The first-order chi connectivity index (χ1) is 10.2. The largest absolute Gasteiger partial charge is 0.494 e. The maximum Gasteiger partial charge on any atom is 0.243 e. The highest BCUT2D eigenvalue weighted by Gasteiger charge is 2.20. The molecule has 0 aromatic heterocycles. The molecule has 1 saturated carbocycles. The lowest BCUT2D eigenvalue weighted by molar-refractivity contribution is -0.125. The van der Waals surface area contributed by atoms with Gasteiger partial charge < -0.3 is 4.74 Å². The SMILES string of the molecule is CCOc1ccc(C(C)=NNC(=O)C2CCCCC2)cc1. The Labute approximate surface area is 126 Å². The number of hydrogen-bond donors (Lipinski definition) is 1. The van der Waals surface area contributed by atoms with E-state index < -0.39 is 0 Å². The van der Waals surface area contributed by atoms with Crippen molar-refractivity contribution >= 4 is 11.6 Å². The smallest absolute Gasteiger partial charge is 0.243 e. The van der Waals surface area contributed by atoms with Gasteiger partial charge in [-0.25, -0.2) is 5.43 Å². The van der Waals surface area contributed by atoms with Crippen molar-refractivity contribution in [1.29, 1.82) is 0 Å². The maximum atomic E-state index is 12.0. The Morgan fingerprint density at radius 2 is 1.90 bits per heavy atom. The third kappa shape index (κ3) is 4.59. The first-order valence-corrected chi connectivity index (χ1v) is 7.78. The molecule has 0 radical (unpaired) electrons. The van der Waals surface area contributed by atoms with Crippen molar-refractivity contribution in [1.82, 2.24) is 5.43 Å². The van der Waals surface area contributed by atoms with Gasteiger partial charge >= 0.3 is 0 Å². The third-order valence-corrected chi connectivity index (χ3v) is 3.89. The quantitative estimate of drug-likeness (QED) is 0.666. The van der Waals surface area contributed by atoms with Gasteiger partial charge in [-0.15, -0.1) is 0 Å². The highest BCUT2D eigenvalue weighted by Crippen LogP contribution is 2.23. The van der Waals surface area contributed by atoms with Crippen LogP contribution in [0.25, 0.3) is 0 Å². The summed E-state index contributed by atoms with van der Waals surface area (Å²) in [4.78, 5) is 12.0. The molecule has 1 fully saturated rings. The average molecular weight is 288 g/mol. The van der Waals surface area contributed by atoms with Gasteiger partial charge in [-0.1, -0.05) is 19.3 Å².